The summed E-state index contributed by atoms with van der Waals surface area (Å²) >= 11 is 0. The van der Waals surface area contributed by atoms with E-state index in [1.54, 1.807) is 0 Å². The molecule has 0 aliphatic carbocycles. The van der Waals surface area contributed by atoms with Crippen molar-refractivity contribution in [2.45, 2.75) is 52.5 Å². The lowest BCUT2D eigenvalue weighted by atomic mass is 9.90. The van der Waals surface area contributed by atoms with Crippen LogP contribution in [0.5, 0.6) is 0 Å². The van der Waals surface area contributed by atoms with Crippen LogP contribution in [0.3, 0.4) is 0 Å². The van der Waals surface area contributed by atoms with Gasteiger partial charge >= 0.3 is 0 Å². The lowest BCUT2D eigenvalue weighted by molar-refractivity contribution is 0.00510. The molecule has 0 aromatic heterocycles. The second-order valence-corrected chi connectivity index (χ2v) is 4.73. The molecule has 1 atom stereocenters. The smallest absolute Gasteiger partial charge is 0.0594 e. The molecule has 1 aliphatic heterocycles. The van der Waals surface area contributed by atoms with Gasteiger partial charge in [0.25, 0.3) is 0 Å². The van der Waals surface area contributed by atoms with E-state index in [9.17, 15) is 0 Å². The third kappa shape index (κ3) is 4.12. The first-order valence-electron chi connectivity index (χ1n) is 6.61. The van der Waals surface area contributed by atoms with Crippen LogP contribution >= 0.6 is 0 Å². The van der Waals surface area contributed by atoms with Gasteiger partial charge in [0.15, 0.2) is 0 Å². The van der Waals surface area contributed by atoms with Gasteiger partial charge in [0.05, 0.1) is 13.2 Å². The van der Waals surface area contributed by atoms with E-state index in [-0.39, 0.29) is 0 Å². The molecule has 0 aromatic carbocycles. The lowest BCUT2D eigenvalue weighted by Gasteiger charge is -2.37. The summed E-state index contributed by atoms with van der Waals surface area (Å²) in [6.07, 6.45) is 5.40. The van der Waals surface area contributed by atoms with Crippen molar-refractivity contribution in [3.63, 3.8) is 0 Å². The second-order valence-electron chi connectivity index (χ2n) is 4.73. The molecule has 1 heterocycles. The topological polar surface area (TPSA) is 12.5 Å². The Morgan fingerprint density at radius 3 is 2.07 bits per heavy atom. The molecule has 15 heavy (non-hydrogen) atoms. The van der Waals surface area contributed by atoms with E-state index in [2.05, 4.69) is 25.7 Å². The molecule has 0 N–H and O–H groups in total. The normalized spacial score (nSPS) is 20.8. The third-order valence-corrected chi connectivity index (χ3v) is 3.62. The van der Waals surface area contributed by atoms with Gasteiger partial charge in [-0.1, -0.05) is 26.7 Å². The number of hydrogen-bond acceptors (Lipinski definition) is 2. The van der Waals surface area contributed by atoms with Crippen LogP contribution in [0.25, 0.3) is 0 Å². The van der Waals surface area contributed by atoms with Crippen LogP contribution in [0, 0.1) is 5.92 Å². The monoisotopic (exact) mass is 213 g/mol. The summed E-state index contributed by atoms with van der Waals surface area (Å²) in [5.41, 5.74) is 0. The summed E-state index contributed by atoms with van der Waals surface area (Å²) in [7, 11) is 0. The number of morpholine rings is 1. The molecule has 1 fully saturated rings. The first-order chi connectivity index (χ1) is 7.29. The van der Waals surface area contributed by atoms with Gasteiger partial charge < -0.3 is 4.74 Å². The van der Waals surface area contributed by atoms with Gasteiger partial charge in [0.2, 0.25) is 0 Å². The van der Waals surface area contributed by atoms with E-state index in [0.29, 0.717) is 0 Å². The molecule has 1 unspecified atom stereocenters. The lowest BCUT2D eigenvalue weighted by Crippen LogP contribution is -2.45. The van der Waals surface area contributed by atoms with Crippen molar-refractivity contribution in [3.05, 3.63) is 0 Å². The number of rotatable bonds is 6. The molecule has 1 rings (SSSR count). The molecule has 1 aliphatic rings. The van der Waals surface area contributed by atoms with Crippen LogP contribution in [-0.2, 0) is 4.74 Å². The van der Waals surface area contributed by atoms with Crippen molar-refractivity contribution < 1.29 is 4.74 Å². The standard InChI is InChI=1S/C13H27NO/c1-4-6-13(7-5-2)12(3)14-8-10-15-11-9-14/h12-13H,4-11H2,1-3H3. The highest BCUT2D eigenvalue weighted by atomic mass is 16.5. The van der Waals surface area contributed by atoms with E-state index in [0.717, 1.165) is 38.3 Å². The van der Waals surface area contributed by atoms with Gasteiger partial charge in [-0.15, -0.1) is 0 Å². The van der Waals surface area contributed by atoms with E-state index in [1.165, 1.54) is 25.7 Å². The molecule has 1 saturated heterocycles. The van der Waals surface area contributed by atoms with Crippen molar-refractivity contribution in [2.24, 2.45) is 5.92 Å². The molecule has 2 nitrogen and oxygen atoms in total. The maximum absolute atomic E-state index is 5.41. The minimum Gasteiger partial charge on any atom is -0.379 e. The minimum atomic E-state index is 0.744. The van der Waals surface area contributed by atoms with Crippen molar-refractivity contribution in [1.29, 1.82) is 0 Å². The van der Waals surface area contributed by atoms with Crippen molar-refractivity contribution in [2.75, 3.05) is 26.3 Å². The maximum atomic E-state index is 5.41. The zero-order valence-electron chi connectivity index (χ0n) is 10.7. The van der Waals surface area contributed by atoms with Crippen molar-refractivity contribution >= 4 is 0 Å². The van der Waals surface area contributed by atoms with Crippen LogP contribution in [0.15, 0.2) is 0 Å². The van der Waals surface area contributed by atoms with Crippen LogP contribution in [0.2, 0.25) is 0 Å². The van der Waals surface area contributed by atoms with Crippen LogP contribution < -0.4 is 0 Å². The van der Waals surface area contributed by atoms with E-state index in [1.807, 2.05) is 0 Å². The summed E-state index contributed by atoms with van der Waals surface area (Å²) in [5, 5.41) is 0. The Bertz CT molecular complexity index is 149. The fraction of sp³-hybridized carbons (Fsp3) is 1.00. The Morgan fingerprint density at radius 2 is 1.60 bits per heavy atom. The van der Waals surface area contributed by atoms with Crippen LogP contribution in [0.4, 0.5) is 0 Å². The zero-order valence-corrected chi connectivity index (χ0v) is 10.7. The third-order valence-electron chi connectivity index (χ3n) is 3.62. The molecule has 0 spiro atoms. The number of ether oxygens (including phenoxy) is 1. The molecule has 0 radical (unpaired) electrons. The summed E-state index contributed by atoms with van der Waals surface area (Å²) in [6.45, 7) is 11.1. The minimum absolute atomic E-state index is 0.744. The molecule has 90 valence electrons. The van der Waals surface area contributed by atoms with E-state index < -0.39 is 0 Å². The Kier molecular flexibility index (Phi) is 6.26. The van der Waals surface area contributed by atoms with Gasteiger partial charge in [-0.05, 0) is 25.7 Å². The van der Waals surface area contributed by atoms with Gasteiger partial charge in [-0.2, -0.15) is 0 Å². The molecule has 0 amide bonds. The molecular weight excluding hydrogens is 186 g/mol. The molecular formula is C13H27NO. The fourth-order valence-corrected chi connectivity index (χ4v) is 2.65. The first kappa shape index (κ1) is 13.0. The highest BCUT2D eigenvalue weighted by molar-refractivity contribution is 4.77. The summed E-state index contributed by atoms with van der Waals surface area (Å²) in [4.78, 5) is 2.61. The largest absolute Gasteiger partial charge is 0.379 e. The SMILES string of the molecule is CCCC(CCC)C(C)N1CCOCC1. The average Bonchev–Trinajstić information content (AvgIpc) is 2.29. The highest BCUT2D eigenvalue weighted by Gasteiger charge is 2.23. The number of nitrogens with zero attached hydrogens (tertiary/aromatic N) is 1. The fourth-order valence-electron chi connectivity index (χ4n) is 2.65. The van der Waals surface area contributed by atoms with Crippen LogP contribution in [-0.4, -0.2) is 37.2 Å². The molecule has 0 saturated carbocycles. The van der Waals surface area contributed by atoms with Gasteiger partial charge in [0, 0.05) is 19.1 Å². The maximum Gasteiger partial charge on any atom is 0.0594 e. The quantitative estimate of drug-likeness (QED) is 0.672. The molecule has 0 bridgehead atoms. The Morgan fingerprint density at radius 1 is 1.07 bits per heavy atom. The molecule has 2 heteroatoms. The van der Waals surface area contributed by atoms with Gasteiger partial charge in [-0.25, -0.2) is 0 Å². The summed E-state index contributed by atoms with van der Waals surface area (Å²) in [5.74, 6) is 0.887. The van der Waals surface area contributed by atoms with Crippen molar-refractivity contribution in [1.82, 2.24) is 4.90 Å². The predicted molar refractivity (Wildman–Crippen MR) is 65.2 cm³/mol. The Labute approximate surface area is 95.0 Å². The Hall–Kier alpha value is -0.0800. The van der Waals surface area contributed by atoms with E-state index in [4.69, 9.17) is 4.74 Å². The van der Waals surface area contributed by atoms with Gasteiger partial charge in [0.1, 0.15) is 0 Å². The van der Waals surface area contributed by atoms with Crippen LogP contribution in [0.1, 0.15) is 46.5 Å². The Balaban J connectivity index is 2.41. The van der Waals surface area contributed by atoms with Crippen molar-refractivity contribution in [3.8, 4) is 0 Å². The highest BCUT2D eigenvalue weighted by Crippen LogP contribution is 2.22. The first-order valence-corrected chi connectivity index (χ1v) is 6.61. The predicted octanol–water partition coefficient (Wildman–Crippen LogP) is 2.92. The van der Waals surface area contributed by atoms with Gasteiger partial charge in [-0.3, -0.25) is 4.90 Å². The number of hydrogen-bond donors (Lipinski definition) is 0. The van der Waals surface area contributed by atoms with E-state index >= 15 is 0 Å². The zero-order chi connectivity index (χ0) is 11.1. The molecule has 0 aromatic rings. The summed E-state index contributed by atoms with van der Waals surface area (Å²) in [6, 6.07) is 0.744. The second kappa shape index (κ2) is 7.24. The average molecular weight is 213 g/mol. The summed E-state index contributed by atoms with van der Waals surface area (Å²) < 4.78 is 5.41.